The number of anilines is 1. The maximum atomic E-state index is 5.97. The van der Waals surface area contributed by atoms with Gasteiger partial charge in [0.2, 0.25) is 0 Å². The molecule has 0 aliphatic carbocycles. The summed E-state index contributed by atoms with van der Waals surface area (Å²) in [5.74, 6) is 1.08. The van der Waals surface area contributed by atoms with Crippen LogP contribution in [-0.2, 0) is 0 Å². The molecule has 3 rings (SSSR count). The van der Waals surface area contributed by atoms with Crippen molar-refractivity contribution in [2.45, 2.75) is 4.90 Å². The van der Waals surface area contributed by atoms with E-state index in [1.54, 1.807) is 24.2 Å². The van der Waals surface area contributed by atoms with Crippen LogP contribution in [0.1, 0.15) is 0 Å². The first kappa shape index (κ1) is 12.7. The third-order valence-electron chi connectivity index (χ3n) is 3.04. The Kier molecular flexibility index (Phi) is 3.43. The molecule has 0 saturated heterocycles. The quantitative estimate of drug-likeness (QED) is 0.742. The molecular weight excluding hydrogens is 270 g/mol. The fraction of sp³-hybridized carbons (Fsp3) is 0.0667. The first-order valence-electron chi connectivity index (χ1n) is 6.10. The molecule has 100 valence electrons. The minimum atomic E-state index is 0.391. The molecule has 0 radical (unpaired) electrons. The van der Waals surface area contributed by atoms with Crippen molar-refractivity contribution in [1.82, 2.24) is 10.1 Å². The molecule has 1 aromatic carbocycles. The summed E-state index contributed by atoms with van der Waals surface area (Å²) in [6, 6.07) is 11.8. The monoisotopic (exact) mass is 283 g/mol. The highest BCUT2D eigenvalue weighted by Crippen LogP contribution is 2.39. The summed E-state index contributed by atoms with van der Waals surface area (Å²) in [6.07, 6.45) is 5.49. The Morgan fingerprint density at radius 2 is 1.85 bits per heavy atom. The van der Waals surface area contributed by atoms with Gasteiger partial charge in [-0.3, -0.25) is 4.98 Å². The van der Waals surface area contributed by atoms with Crippen molar-refractivity contribution in [2.75, 3.05) is 12.0 Å². The molecule has 2 heterocycles. The Morgan fingerprint density at radius 3 is 2.60 bits per heavy atom. The zero-order chi connectivity index (χ0) is 13.9. The standard InChI is InChI=1S/C15H13N3OS/c1-20-12-5-3-2-4-11(12)14-13(15(16)18-19-14)10-6-8-17-9-7-10/h2-9H,1H3,(H2,16,18). The van der Waals surface area contributed by atoms with Crippen LogP contribution in [0.3, 0.4) is 0 Å². The van der Waals surface area contributed by atoms with E-state index in [0.29, 0.717) is 11.6 Å². The molecule has 0 atom stereocenters. The van der Waals surface area contributed by atoms with Gasteiger partial charge in [-0.15, -0.1) is 11.8 Å². The zero-order valence-electron chi connectivity index (χ0n) is 10.9. The molecule has 0 fully saturated rings. The molecule has 5 heteroatoms. The van der Waals surface area contributed by atoms with E-state index in [1.165, 1.54) is 0 Å². The third-order valence-corrected chi connectivity index (χ3v) is 3.83. The number of aromatic nitrogens is 2. The number of benzene rings is 1. The molecule has 0 aliphatic rings. The molecule has 0 aliphatic heterocycles. The number of pyridine rings is 1. The number of nitrogens with zero attached hydrogens (tertiary/aromatic N) is 2. The van der Waals surface area contributed by atoms with Gasteiger partial charge in [-0.2, -0.15) is 0 Å². The van der Waals surface area contributed by atoms with Crippen molar-refractivity contribution in [3.8, 4) is 22.5 Å². The van der Waals surface area contributed by atoms with Gasteiger partial charge < -0.3 is 10.3 Å². The van der Waals surface area contributed by atoms with E-state index >= 15 is 0 Å². The van der Waals surface area contributed by atoms with Gasteiger partial charge in [0.15, 0.2) is 11.6 Å². The molecule has 3 aromatic rings. The molecule has 2 aromatic heterocycles. The molecule has 0 bridgehead atoms. The summed E-state index contributed by atoms with van der Waals surface area (Å²) < 4.78 is 5.47. The van der Waals surface area contributed by atoms with Crippen molar-refractivity contribution in [1.29, 1.82) is 0 Å². The van der Waals surface area contributed by atoms with Gasteiger partial charge >= 0.3 is 0 Å². The van der Waals surface area contributed by atoms with Gasteiger partial charge in [0, 0.05) is 22.9 Å². The first-order chi connectivity index (χ1) is 9.81. The highest BCUT2D eigenvalue weighted by Gasteiger charge is 2.19. The highest BCUT2D eigenvalue weighted by molar-refractivity contribution is 7.98. The van der Waals surface area contributed by atoms with Crippen LogP contribution < -0.4 is 5.73 Å². The van der Waals surface area contributed by atoms with Gasteiger partial charge in [-0.1, -0.05) is 17.3 Å². The fourth-order valence-corrected chi connectivity index (χ4v) is 2.71. The summed E-state index contributed by atoms with van der Waals surface area (Å²) >= 11 is 1.66. The average Bonchev–Trinajstić information content (AvgIpc) is 2.89. The number of nitrogen functional groups attached to an aromatic ring is 1. The van der Waals surface area contributed by atoms with E-state index in [1.807, 2.05) is 36.6 Å². The van der Waals surface area contributed by atoms with Crippen molar-refractivity contribution in [3.05, 3.63) is 48.8 Å². The maximum Gasteiger partial charge on any atom is 0.178 e. The van der Waals surface area contributed by atoms with Gasteiger partial charge in [0.25, 0.3) is 0 Å². The molecule has 2 N–H and O–H groups in total. The largest absolute Gasteiger partial charge is 0.380 e. The lowest BCUT2D eigenvalue weighted by molar-refractivity contribution is 0.435. The fourth-order valence-electron chi connectivity index (χ4n) is 2.12. The molecule has 0 unspecified atom stereocenters. The lowest BCUT2D eigenvalue weighted by Gasteiger charge is -2.06. The number of thioether (sulfide) groups is 1. The predicted molar refractivity (Wildman–Crippen MR) is 81.4 cm³/mol. The van der Waals surface area contributed by atoms with E-state index in [9.17, 15) is 0 Å². The zero-order valence-corrected chi connectivity index (χ0v) is 11.7. The van der Waals surface area contributed by atoms with Gasteiger partial charge in [0.1, 0.15) is 0 Å². The van der Waals surface area contributed by atoms with Crippen molar-refractivity contribution in [2.24, 2.45) is 0 Å². The topological polar surface area (TPSA) is 64.9 Å². The molecule has 0 amide bonds. The minimum Gasteiger partial charge on any atom is -0.380 e. The smallest absolute Gasteiger partial charge is 0.178 e. The van der Waals surface area contributed by atoms with Crippen LogP contribution in [0.2, 0.25) is 0 Å². The van der Waals surface area contributed by atoms with Crippen molar-refractivity contribution in [3.63, 3.8) is 0 Å². The number of nitrogens with two attached hydrogens (primary N) is 1. The summed E-state index contributed by atoms with van der Waals surface area (Å²) in [6.45, 7) is 0. The van der Waals surface area contributed by atoms with Crippen molar-refractivity contribution < 1.29 is 4.52 Å². The average molecular weight is 283 g/mol. The molecule has 20 heavy (non-hydrogen) atoms. The van der Waals surface area contributed by atoms with Crippen LogP contribution in [0.25, 0.3) is 22.5 Å². The third kappa shape index (κ3) is 2.16. The molecular formula is C15H13N3OS. The lowest BCUT2D eigenvalue weighted by Crippen LogP contribution is -1.89. The normalized spacial score (nSPS) is 10.7. The number of hydrogen-bond donors (Lipinski definition) is 1. The summed E-state index contributed by atoms with van der Waals surface area (Å²) in [5.41, 5.74) is 8.73. The molecule has 0 saturated carbocycles. The second-order valence-corrected chi connectivity index (χ2v) is 5.06. The van der Waals surface area contributed by atoms with Crippen LogP contribution in [0.15, 0.2) is 58.2 Å². The Balaban J connectivity index is 2.22. The second-order valence-electron chi connectivity index (χ2n) is 4.21. The number of hydrogen-bond acceptors (Lipinski definition) is 5. The van der Waals surface area contributed by atoms with Crippen LogP contribution in [0.4, 0.5) is 5.82 Å². The van der Waals surface area contributed by atoms with Gasteiger partial charge in [-0.25, -0.2) is 0 Å². The molecule has 0 spiro atoms. The van der Waals surface area contributed by atoms with Crippen LogP contribution in [0, 0.1) is 0 Å². The maximum absolute atomic E-state index is 5.97. The van der Waals surface area contributed by atoms with E-state index in [0.717, 1.165) is 21.6 Å². The Labute approximate surface area is 121 Å². The van der Waals surface area contributed by atoms with E-state index < -0.39 is 0 Å². The second kappa shape index (κ2) is 5.38. The van der Waals surface area contributed by atoms with E-state index in [2.05, 4.69) is 16.2 Å². The highest BCUT2D eigenvalue weighted by atomic mass is 32.2. The van der Waals surface area contributed by atoms with E-state index in [4.69, 9.17) is 10.3 Å². The van der Waals surface area contributed by atoms with Crippen LogP contribution in [0.5, 0.6) is 0 Å². The minimum absolute atomic E-state index is 0.391. The summed E-state index contributed by atoms with van der Waals surface area (Å²) in [7, 11) is 0. The summed E-state index contributed by atoms with van der Waals surface area (Å²) in [5, 5.41) is 3.92. The predicted octanol–water partition coefficient (Wildman–Crippen LogP) is 3.71. The summed E-state index contributed by atoms with van der Waals surface area (Å²) in [4.78, 5) is 5.15. The van der Waals surface area contributed by atoms with Crippen LogP contribution >= 0.6 is 11.8 Å². The SMILES string of the molecule is CSc1ccccc1-c1onc(N)c1-c1ccncc1. The van der Waals surface area contributed by atoms with E-state index in [-0.39, 0.29) is 0 Å². The van der Waals surface area contributed by atoms with Crippen LogP contribution in [-0.4, -0.2) is 16.4 Å². The number of rotatable bonds is 3. The molecule has 4 nitrogen and oxygen atoms in total. The Bertz CT molecular complexity index is 725. The van der Waals surface area contributed by atoms with Gasteiger partial charge in [0.05, 0.1) is 5.56 Å². The van der Waals surface area contributed by atoms with Gasteiger partial charge in [-0.05, 0) is 36.1 Å². The van der Waals surface area contributed by atoms with Crippen molar-refractivity contribution >= 4 is 17.6 Å². The Hall–Kier alpha value is -2.27. The lowest BCUT2D eigenvalue weighted by atomic mass is 10.0. The Morgan fingerprint density at radius 1 is 1.10 bits per heavy atom. The first-order valence-corrected chi connectivity index (χ1v) is 7.32.